The molecule has 0 saturated carbocycles. The largest absolute Gasteiger partial charge is 0.465 e. The van der Waals surface area contributed by atoms with Gasteiger partial charge in [-0.1, -0.05) is 6.42 Å². The Morgan fingerprint density at radius 1 is 1.24 bits per heavy atom. The van der Waals surface area contributed by atoms with Crippen molar-refractivity contribution >= 4 is 10.0 Å². The van der Waals surface area contributed by atoms with E-state index >= 15 is 0 Å². The third-order valence-electron chi connectivity index (χ3n) is 4.77. The summed E-state index contributed by atoms with van der Waals surface area (Å²) >= 11 is 0. The van der Waals surface area contributed by atoms with Crippen molar-refractivity contribution in [2.45, 2.75) is 44.7 Å². The Labute approximate surface area is 127 Å². The topological polar surface area (TPSA) is 53.8 Å². The van der Waals surface area contributed by atoms with Crippen molar-refractivity contribution in [3.8, 4) is 0 Å². The number of hydrogen-bond donors (Lipinski definition) is 0. The fourth-order valence-electron chi connectivity index (χ4n) is 3.86. The van der Waals surface area contributed by atoms with E-state index in [1.165, 1.54) is 6.26 Å². The van der Waals surface area contributed by atoms with Crippen LogP contribution in [0.5, 0.6) is 0 Å². The van der Waals surface area contributed by atoms with E-state index in [-0.39, 0.29) is 5.54 Å². The second kappa shape index (κ2) is 5.41. The summed E-state index contributed by atoms with van der Waals surface area (Å²) in [4.78, 5) is 2.32. The molecule has 0 radical (unpaired) electrons. The van der Waals surface area contributed by atoms with Gasteiger partial charge in [-0.2, -0.15) is 4.31 Å². The Kier molecular flexibility index (Phi) is 3.88. The van der Waals surface area contributed by atoms with Crippen LogP contribution < -0.4 is 0 Å². The van der Waals surface area contributed by atoms with Crippen LogP contribution in [0.15, 0.2) is 16.5 Å². The Morgan fingerprint density at radius 3 is 2.71 bits per heavy atom. The SMILES string of the molecule is Cc1ccc(CN2CCC3(CCCCN3S(C)(=O)=O)C2)o1. The van der Waals surface area contributed by atoms with Gasteiger partial charge in [0.25, 0.3) is 0 Å². The lowest BCUT2D eigenvalue weighted by atomic mass is 9.88. The highest BCUT2D eigenvalue weighted by atomic mass is 32.2. The molecule has 2 aliphatic rings. The van der Waals surface area contributed by atoms with E-state index < -0.39 is 10.0 Å². The van der Waals surface area contributed by atoms with Gasteiger partial charge in [0.2, 0.25) is 10.0 Å². The summed E-state index contributed by atoms with van der Waals surface area (Å²) in [6, 6.07) is 3.99. The molecule has 2 saturated heterocycles. The number of sulfonamides is 1. The van der Waals surface area contributed by atoms with Gasteiger partial charge >= 0.3 is 0 Å². The van der Waals surface area contributed by atoms with Crippen LogP contribution in [0.2, 0.25) is 0 Å². The first-order valence-corrected chi connectivity index (χ1v) is 9.49. The first-order chi connectivity index (χ1) is 9.89. The molecule has 2 aliphatic heterocycles. The fraction of sp³-hybridized carbons (Fsp3) is 0.733. The van der Waals surface area contributed by atoms with Gasteiger partial charge in [0, 0.05) is 25.2 Å². The Hall–Kier alpha value is -0.850. The summed E-state index contributed by atoms with van der Waals surface area (Å²) in [5, 5.41) is 0. The van der Waals surface area contributed by atoms with E-state index in [2.05, 4.69) is 4.90 Å². The average Bonchev–Trinajstić information content (AvgIpc) is 2.97. The maximum Gasteiger partial charge on any atom is 0.211 e. The van der Waals surface area contributed by atoms with Crippen molar-refractivity contribution in [2.24, 2.45) is 0 Å². The molecule has 0 aliphatic carbocycles. The molecule has 0 bridgehead atoms. The summed E-state index contributed by atoms with van der Waals surface area (Å²) in [6.07, 6.45) is 5.36. The lowest BCUT2D eigenvalue weighted by Gasteiger charge is -2.43. The third kappa shape index (κ3) is 3.03. The standard InChI is InChI=1S/C15H24N2O3S/c1-13-5-6-14(20-13)11-16-10-8-15(12-16)7-3-4-9-17(15)21(2,18)19/h5-6H,3-4,7-12H2,1-2H3. The molecular weight excluding hydrogens is 288 g/mol. The van der Waals surface area contributed by atoms with Crippen molar-refractivity contribution in [3.05, 3.63) is 23.7 Å². The van der Waals surface area contributed by atoms with E-state index in [0.717, 1.165) is 56.8 Å². The van der Waals surface area contributed by atoms with Crippen LogP contribution in [0.1, 0.15) is 37.2 Å². The quantitative estimate of drug-likeness (QED) is 0.856. The minimum atomic E-state index is -3.13. The maximum absolute atomic E-state index is 12.1. The average molecular weight is 312 g/mol. The van der Waals surface area contributed by atoms with E-state index in [9.17, 15) is 8.42 Å². The van der Waals surface area contributed by atoms with Gasteiger partial charge in [-0.05, 0) is 38.3 Å². The first-order valence-electron chi connectivity index (χ1n) is 7.65. The minimum absolute atomic E-state index is 0.187. The van der Waals surface area contributed by atoms with Crippen molar-refractivity contribution in [1.82, 2.24) is 9.21 Å². The molecule has 0 amide bonds. The van der Waals surface area contributed by atoms with Crippen LogP contribution in [0.3, 0.4) is 0 Å². The van der Waals surface area contributed by atoms with E-state index in [1.54, 1.807) is 4.31 Å². The number of piperidine rings is 1. The normalized spacial score (nSPS) is 28.5. The molecular formula is C15H24N2O3S. The van der Waals surface area contributed by atoms with Gasteiger partial charge in [0.1, 0.15) is 11.5 Å². The fourth-order valence-corrected chi connectivity index (χ4v) is 5.27. The number of furan rings is 1. The zero-order valence-electron chi connectivity index (χ0n) is 12.8. The second-order valence-corrected chi connectivity index (χ2v) is 8.40. The summed E-state index contributed by atoms with van der Waals surface area (Å²) < 4.78 is 31.6. The van der Waals surface area contributed by atoms with Gasteiger partial charge in [0.05, 0.1) is 12.8 Å². The van der Waals surface area contributed by atoms with Gasteiger partial charge in [-0.15, -0.1) is 0 Å². The number of likely N-dealkylation sites (tertiary alicyclic amines) is 1. The maximum atomic E-state index is 12.1. The number of nitrogens with zero attached hydrogens (tertiary/aromatic N) is 2. The second-order valence-electron chi connectivity index (χ2n) is 6.49. The zero-order chi connectivity index (χ0) is 15.1. The smallest absolute Gasteiger partial charge is 0.211 e. The molecule has 3 heterocycles. The Balaban J connectivity index is 1.74. The van der Waals surface area contributed by atoms with Crippen LogP contribution in [0.25, 0.3) is 0 Å². The number of rotatable bonds is 3. The van der Waals surface area contributed by atoms with Crippen molar-refractivity contribution in [2.75, 3.05) is 25.9 Å². The zero-order valence-corrected chi connectivity index (χ0v) is 13.7. The summed E-state index contributed by atoms with van der Waals surface area (Å²) in [6.45, 7) is 5.15. The van der Waals surface area contributed by atoms with E-state index in [1.807, 2.05) is 19.1 Å². The Bertz CT molecular complexity index is 610. The molecule has 2 fully saturated rings. The first kappa shape index (κ1) is 15.1. The van der Waals surface area contributed by atoms with Crippen LogP contribution in [-0.4, -0.2) is 49.1 Å². The summed E-state index contributed by atoms with van der Waals surface area (Å²) in [5.74, 6) is 1.89. The monoisotopic (exact) mass is 312 g/mol. The van der Waals surface area contributed by atoms with Gasteiger partial charge < -0.3 is 4.42 Å². The van der Waals surface area contributed by atoms with Gasteiger partial charge in [-0.3, -0.25) is 4.90 Å². The lowest BCUT2D eigenvalue weighted by Crippen LogP contribution is -2.55. The molecule has 1 atom stereocenters. The molecule has 6 heteroatoms. The third-order valence-corrected chi connectivity index (χ3v) is 6.14. The molecule has 5 nitrogen and oxygen atoms in total. The Morgan fingerprint density at radius 2 is 2.05 bits per heavy atom. The van der Waals surface area contributed by atoms with Crippen molar-refractivity contribution < 1.29 is 12.8 Å². The van der Waals surface area contributed by atoms with Crippen LogP contribution >= 0.6 is 0 Å². The molecule has 1 aromatic heterocycles. The highest BCUT2D eigenvalue weighted by molar-refractivity contribution is 7.88. The molecule has 3 rings (SSSR count). The predicted octanol–water partition coefficient (Wildman–Crippen LogP) is 1.98. The number of aryl methyl sites for hydroxylation is 1. The molecule has 1 unspecified atom stereocenters. The molecule has 118 valence electrons. The van der Waals surface area contributed by atoms with Crippen LogP contribution in [-0.2, 0) is 16.6 Å². The highest BCUT2D eigenvalue weighted by Crippen LogP contribution is 2.38. The minimum Gasteiger partial charge on any atom is -0.465 e. The number of hydrogen-bond acceptors (Lipinski definition) is 4. The van der Waals surface area contributed by atoms with E-state index in [4.69, 9.17) is 4.42 Å². The summed E-state index contributed by atoms with van der Waals surface area (Å²) in [7, 11) is -3.13. The van der Waals surface area contributed by atoms with Crippen LogP contribution in [0.4, 0.5) is 0 Å². The highest BCUT2D eigenvalue weighted by Gasteiger charge is 2.47. The van der Waals surface area contributed by atoms with Gasteiger partial charge in [0.15, 0.2) is 0 Å². The summed E-state index contributed by atoms with van der Waals surface area (Å²) in [5.41, 5.74) is -0.187. The van der Waals surface area contributed by atoms with Gasteiger partial charge in [-0.25, -0.2) is 8.42 Å². The molecule has 1 aromatic rings. The predicted molar refractivity (Wildman–Crippen MR) is 81.5 cm³/mol. The molecule has 21 heavy (non-hydrogen) atoms. The van der Waals surface area contributed by atoms with Crippen molar-refractivity contribution in [1.29, 1.82) is 0 Å². The van der Waals surface area contributed by atoms with Crippen molar-refractivity contribution in [3.63, 3.8) is 0 Å². The van der Waals surface area contributed by atoms with E-state index in [0.29, 0.717) is 6.54 Å². The van der Waals surface area contributed by atoms with Crippen LogP contribution in [0, 0.1) is 6.92 Å². The molecule has 0 N–H and O–H groups in total. The lowest BCUT2D eigenvalue weighted by molar-refractivity contribution is 0.132. The molecule has 0 aromatic carbocycles. The molecule has 1 spiro atoms.